The van der Waals surface area contributed by atoms with E-state index in [1.807, 2.05) is 0 Å². The molecular formula is C75H126N28O23S. The SMILES string of the molecule is CSCC[C@H](NC(=O)[C@@H](N)C(C)C)C(=O)N[C@@H](CC(N)=O)C(=O)N1CCC[C@H]1C(=O)N[C@@H](C)C(=O)N[C@@H](CC(N)=O)C(=O)N[C@@H](C)C(=O)N[C@@H](CCC(N)=O)C(=O)NCC(=O)N[C@@H](CCCNC(=N)N)C(=O)N[C@@H](Cc1cnc[nH]1)C(=O)N[C@H](C(=O)N1CCC[C@H]1C(=O)NCC(=O)N[C@H](C(=O)N[C@@H](CCCNC(=N)N)C(=O)N[C@@H](CC(C)C)C(=O)O)[C@@H](C)O)[C@@H](C)O. The minimum atomic E-state index is -1.84. The molecule has 17 atom stereocenters. The third-order valence-electron chi connectivity index (χ3n) is 20.0. The van der Waals surface area contributed by atoms with Gasteiger partial charge in [-0.15, -0.1) is 0 Å². The van der Waals surface area contributed by atoms with Crippen LogP contribution >= 0.6 is 11.8 Å². The molecule has 0 unspecified atom stereocenters. The number of aromatic amines is 1. The average molecular weight is 1820 g/mol. The van der Waals surface area contributed by atoms with Gasteiger partial charge >= 0.3 is 5.97 Å². The maximum absolute atomic E-state index is 14.5. The zero-order valence-corrected chi connectivity index (χ0v) is 73.2. The molecule has 0 spiro atoms. The fraction of sp³-hybridized carbons (Fsp3) is 0.667. The quantitative estimate of drug-likeness (QED) is 0.0164. The fourth-order valence-corrected chi connectivity index (χ4v) is 13.5. The van der Waals surface area contributed by atoms with Gasteiger partial charge in [-0.05, 0) is 122 Å². The normalized spacial score (nSPS) is 17.1. The molecule has 710 valence electrons. The molecule has 0 aliphatic carbocycles. The van der Waals surface area contributed by atoms with Gasteiger partial charge in [0.1, 0.15) is 84.6 Å². The van der Waals surface area contributed by atoms with Gasteiger partial charge in [-0.2, -0.15) is 11.8 Å². The Labute approximate surface area is 736 Å². The van der Waals surface area contributed by atoms with Gasteiger partial charge in [0, 0.05) is 50.9 Å². The van der Waals surface area contributed by atoms with Crippen LogP contribution in [0.1, 0.15) is 151 Å². The van der Waals surface area contributed by atoms with Crippen molar-refractivity contribution in [2.75, 3.05) is 51.3 Å². The lowest BCUT2D eigenvalue weighted by Crippen LogP contribution is -2.61. The highest BCUT2D eigenvalue weighted by molar-refractivity contribution is 7.98. The van der Waals surface area contributed by atoms with E-state index in [9.17, 15) is 111 Å². The summed E-state index contributed by atoms with van der Waals surface area (Å²) in [5.41, 5.74) is 33.4. The Kier molecular flexibility index (Phi) is 46.4. The Morgan fingerprint density at radius 3 is 1.43 bits per heavy atom. The van der Waals surface area contributed by atoms with E-state index < -0.39 is 272 Å². The van der Waals surface area contributed by atoms with Crippen molar-refractivity contribution < 1.29 is 111 Å². The second-order valence-corrected chi connectivity index (χ2v) is 32.4. The Morgan fingerprint density at radius 2 is 0.929 bits per heavy atom. The molecule has 0 saturated carbocycles. The van der Waals surface area contributed by atoms with E-state index in [1.54, 1.807) is 34.0 Å². The minimum absolute atomic E-state index is 0.00652. The second kappa shape index (κ2) is 54.3. The summed E-state index contributed by atoms with van der Waals surface area (Å²) in [5, 5.41) is 85.0. The Morgan fingerprint density at radius 1 is 0.480 bits per heavy atom. The van der Waals surface area contributed by atoms with Crippen molar-refractivity contribution in [1.29, 1.82) is 10.8 Å². The third kappa shape index (κ3) is 38.4. The van der Waals surface area contributed by atoms with Crippen LogP contribution in [-0.4, -0.2) is 319 Å². The molecule has 3 heterocycles. The number of carbonyl (C=O) groups excluding carboxylic acids is 19. The molecule has 2 saturated heterocycles. The lowest BCUT2D eigenvalue weighted by atomic mass is 10.0. The number of guanidine groups is 2. The summed E-state index contributed by atoms with van der Waals surface area (Å²) in [6.07, 6.45) is -1.85. The fourth-order valence-electron chi connectivity index (χ4n) is 13.1. The number of imidazole rings is 1. The Hall–Kier alpha value is -12.6. The number of aliphatic hydroxyl groups is 2. The number of H-pyrrole nitrogens is 1. The maximum atomic E-state index is 14.5. The van der Waals surface area contributed by atoms with E-state index in [0.717, 1.165) is 30.6 Å². The molecule has 34 N–H and O–H groups in total. The number of thioether (sulfide) groups is 1. The first-order valence-electron chi connectivity index (χ1n) is 41.2. The number of rotatable bonds is 56. The molecule has 3 rings (SSSR count). The molecule has 2 fully saturated rings. The number of hydrogen-bond acceptors (Lipinski definition) is 27. The summed E-state index contributed by atoms with van der Waals surface area (Å²) in [7, 11) is 0. The second-order valence-electron chi connectivity index (χ2n) is 31.4. The topological polar surface area (TPSA) is 834 Å². The van der Waals surface area contributed by atoms with Crippen molar-refractivity contribution in [1.82, 2.24) is 105 Å². The van der Waals surface area contributed by atoms with Crippen LogP contribution in [0.3, 0.4) is 0 Å². The molecule has 0 aromatic carbocycles. The average Bonchev–Trinajstić information content (AvgIpc) is 1.71. The van der Waals surface area contributed by atoms with Crippen LogP contribution in [0.4, 0.5) is 0 Å². The predicted octanol–water partition coefficient (Wildman–Crippen LogP) is -11.8. The summed E-state index contributed by atoms with van der Waals surface area (Å²) < 4.78 is 0. The molecule has 2 aliphatic heterocycles. The maximum Gasteiger partial charge on any atom is 0.326 e. The number of nitrogens with zero attached hydrogens (tertiary/aromatic N) is 3. The van der Waals surface area contributed by atoms with Crippen molar-refractivity contribution in [2.24, 2.45) is 46.2 Å². The van der Waals surface area contributed by atoms with Gasteiger partial charge in [0.05, 0.1) is 50.5 Å². The highest BCUT2D eigenvalue weighted by Gasteiger charge is 2.44. The van der Waals surface area contributed by atoms with Crippen molar-refractivity contribution in [3.05, 3.63) is 18.2 Å². The number of primary amides is 3. The third-order valence-corrected chi connectivity index (χ3v) is 20.6. The first-order chi connectivity index (χ1) is 59.6. The van der Waals surface area contributed by atoms with E-state index in [2.05, 4.69) is 95.0 Å². The molecule has 0 radical (unpaired) electrons. The summed E-state index contributed by atoms with van der Waals surface area (Å²) >= 11 is 1.36. The smallest absolute Gasteiger partial charge is 0.326 e. The lowest BCUT2D eigenvalue weighted by molar-refractivity contribution is -0.144. The number of hydrogen-bond donors (Lipinski definition) is 28. The minimum Gasteiger partial charge on any atom is -0.480 e. The first kappa shape index (κ1) is 109. The van der Waals surface area contributed by atoms with Gasteiger partial charge in [0.25, 0.3) is 0 Å². The van der Waals surface area contributed by atoms with Crippen LogP contribution in [-0.2, 0) is 102 Å². The summed E-state index contributed by atoms with van der Waals surface area (Å²) in [5.74, 6) is -21.5. The highest BCUT2D eigenvalue weighted by atomic mass is 32.2. The largest absolute Gasteiger partial charge is 0.480 e. The van der Waals surface area contributed by atoms with Crippen molar-refractivity contribution in [3.8, 4) is 0 Å². The van der Waals surface area contributed by atoms with E-state index >= 15 is 0 Å². The molecule has 127 heavy (non-hydrogen) atoms. The standard InChI is InChI=1S/C75H126N28O23S/c1-34(2)26-48(73(125)126)99-63(115)42(15-11-22-86-75(82)83)95-70(122)57(38(7)104)100-55(110)32-88-67(119)49-16-12-24-103(49)72(124)58(39(8)105)101-66(118)45(27-40-30-84-33-89-40)97-62(114)41(14-10-21-85-74(80)81)92-54(109)31-87-61(113)43(18-19-51(76)106)93-59(111)36(5)90-65(117)46(28-52(77)107)96-60(112)37(6)91-68(120)50-17-13-23-102(50)71(123)47(29-53(78)108)98-64(116)44(20-25-127-9)94-69(121)56(79)35(3)4/h30,33-39,41-50,56-58,104-105H,10-29,31-32,79H2,1-9H3,(H2,76,106)(H2,77,107)(H2,78,108)(H,84,89)(H,87,113)(H,88,119)(H,90,117)(H,91,120)(H,92,109)(H,93,111)(H,94,121)(H,95,122)(H,96,112)(H,97,114)(H,98,116)(H,99,115)(H,100,110)(H,101,118)(H,125,126)(H4,80,81,85)(H4,82,83,86)/t36-,37-,38+,39+,41-,42-,43-,44-,45-,46-,47-,48-,49-,50-,56-,57-,58-/m0/s1. The van der Waals surface area contributed by atoms with Gasteiger partial charge in [-0.3, -0.25) is 102 Å². The summed E-state index contributed by atoms with van der Waals surface area (Å²) in [6, 6.07) is -22.8. The lowest BCUT2D eigenvalue weighted by Gasteiger charge is -2.31. The van der Waals surface area contributed by atoms with Gasteiger partial charge in [0.15, 0.2) is 11.9 Å². The van der Waals surface area contributed by atoms with E-state index in [4.69, 9.17) is 45.2 Å². The van der Waals surface area contributed by atoms with Crippen LogP contribution in [0, 0.1) is 22.7 Å². The van der Waals surface area contributed by atoms with Crippen LogP contribution in [0.25, 0.3) is 0 Å². The number of aromatic nitrogens is 2. The van der Waals surface area contributed by atoms with Gasteiger partial charge in [-0.1, -0.05) is 27.7 Å². The zero-order valence-electron chi connectivity index (χ0n) is 72.4. The van der Waals surface area contributed by atoms with Crippen LogP contribution in [0.15, 0.2) is 12.5 Å². The molecule has 52 heteroatoms. The Balaban J connectivity index is 1.77. The van der Waals surface area contributed by atoms with Crippen molar-refractivity contribution >= 4 is 142 Å². The zero-order chi connectivity index (χ0) is 95.8. The number of nitrogens with one attached hydrogen (secondary N) is 19. The van der Waals surface area contributed by atoms with Crippen LogP contribution < -0.4 is 119 Å². The van der Waals surface area contributed by atoms with Crippen molar-refractivity contribution in [3.63, 3.8) is 0 Å². The van der Waals surface area contributed by atoms with E-state index in [0.29, 0.717) is 5.75 Å². The number of likely N-dealkylation sites (tertiary alicyclic amines) is 2. The molecule has 1 aromatic rings. The molecule has 1 aromatic heterocycles. The number of nitrogens with two attached hydrogens (primary N) is 6. The number of amides is 19. The molecule has 2 aliphatic rings. The van der Waals surface area contributed by atoms with E-state index in [1.165, 1.54) is 31.2 Å². The van der Waals surface area contributed by atoms with Gasteiger partial charge in [0.2, 0.25) is 112 Å². The van der Waals surface area contributed by atoms with Crippen LogP contribution in [0.2, 0.25) is 0 Å². The van der Waals surface area contributed by atoms with Crippen molar-refractivity contribution in [2.45, 2.75) is 255 Å². The van der Waals surface area contributed by atoms with Gasteiger partial charge < -0.3 is 150 Å². The summed E-state index contributed by atoms with van der Waals surface area (Å²) in [6.45, 7) is 9.43. The number of aliphatic carboxylic acids is 1. The predicted molar refractivity (Wildman–Crippen MR) is 453 cm³/mol. The number of carbonyl (C=O) groups is 20. The highest BCUT2D eigenvalue weighted by Crippen LogP contribution is 2.23. The molecule has 51 nitrogen and oxygen atoms in total. The molecule has 0 bridgehead atoms. The van der Waals surface area contributed by atoms with Crippen LogP contribution in [0.5, 0.6) is 0 Å². The summed E-state index contributed by atoms with van der Waals surface area (Å²) in [4.78, 5) is 279. The Bertz CT molecular complexity index is 4050. The van der Waals surface area contributed by atoms with E-state index in [-0.39, 0.29) is 114 Å². The number of carboxylic acid groups (broad SMARTS) is 1. The monoisotopic (exact) mass is 1820 g/mol. The molecule has 19 amide bonds. The number of carboxylic acids is 1. The number of aliphatic hydroxyl groups excluding tert-OH is 2. The molecular weight excluding hydrogens is 1690 g/mol. The first-order valence-corrected chi connectivity index (χ1v) is 42.6. The van der Waals surface area contributed by atoms with Gasteiger partial charge in [-0.25, -0.2) is 9.78 Å².